The largest absolute Gasteiger partial charge is 0.385 e. The van der Waals surface area contributed by atoms with E-state index in [4.69, 9.17) is 9.47 Å². The summed E-state index contributed by atoms with van der Waals surface area (Å²) in [5.74, 6) is -0.724. The average molecular weight is 375 g/mol. The molecular formula is C18H21N3O6. The summed E-state index contributed by atoms with van der Waals surface area (Å²) in [7, 11) is 1.56. The third-order valence-corrected chi connectivity index (χ3v) is 4.57. The molecule has 0 saturated carbocycles. The Hall–Kier alpha value is -2.78. The van der Waals surface area contributed by atoms with E-state index < -0.39 is 4.92 Å². The summed E-state index contributed by atoms with van der Waals surface area (Å²) in [4.78, 5) is 39.5. The molecule has 0 spiro atoms. The van der Waals surface area contributed by atoms with Crippen molar-refractivity contribution >= 4 is 23.1 Å². The highest BCUT2D eigenvalue weighted by Gasteiger charge is 2.41. The van der Waals surface area contributed by atoms with Crippen LogP contribution in [0.15, 0.2) is 30.0 Å². The highest BCUT2D eigenvalue weighted by Crippen LogP contribution is 2.32. The van der Waals surface area contributed by atoms with Crippen molar-refractivity contribution in [1.29, 1.82) is 0 Å². The van der Waals surface area contributed by atoms with Gasteiger partial charge in [0.15, 0.2) is 0 Å². The van der Waals surface area contributed by atoms with Crippen molar-refractivity contribution in [3.05, 3.63) is 45.6 Å². The Kier molecular flexibility index (Phi) is 5.82. The van der Waals surface area contributed by atoms with Gasteiger partial charge in [0.05, 0.1) is 23.7 Å². The van der Waals surface area contributed by atoms with Crippen molar-refractivity contribution in [2.24, 2.45) is 0 Å². The number of imide groups is 1. The Balaban J connectivity index is 1.97. The van der Waals surface area contributed by atoms with E-state index >= 15 is 0 Å². The third-order valence-electron chi connectivity index (χ3n) is 4.57. The monoisotopic (exact) mass is 375 g/mol. The number of non-ortho nitro benzene ring substituents is 1. The molecule has 1 aromatic carbocycles. The lowest BCUT2D eigenvalue weighted by Crippen LogP contribution is -2.40. The molecule has 9 nitrogen and oxygen atoms in total. The van der Waals surface area contributed by atoms with Crippen molar-refractivity contribution in [1.82, 2.24) is 9.80 Å². The molecule has 0 bridgehead atoms. The summed E-state index contributed by atoms with van der Waals surface area (Å²) < 4.78 is 10.4. The number of carbonyl (C=O) groups excluding carboxylic acids is 2. The maximum atomic E-state index is 13.0. The first-order chi connectivity index (χ1) is 13.0. The maximum absolute atomic E-state index is 13.0. The summed E-state index contributed by atoms with van der Waals surface area (Å²) in [5.41, 5.74) is 1.06. The van der Waals surface area contributed by atoms with Crippen molar-refractivity contribution in [3.8, 4) is 0 Å². The molecule has 9 heteroatoms. The minimum atomic E-state index is -0.500. The van der Waals surface area contributed by atoms with Crippen LogP contribution in [0.5, 0.6) is 0 Å². The van der Waals surface area contributed by atoms with Crippen molar-refractivity contribution in [3.63, 3.8) is 0 Å². The first kappa shape index (κ1) is 19.0. The van der Waals surface area contributed by atoms with Gasteiger partial charge in [0, 0.05) is 45.5 Å². The molecule has 3 rings (SSSR count). The highest BCUT2D eigenvalue weighted by atomic mass is 16.6. The lowest BCUT2D eigenvalue weighted by atomic mass is 10.0. The van der Waals surface area contributed by atoms with Gasteiger partial charge in [0.1, 0.15) is 5.70 Å². The molecule has 27 heavy (non-hydrogen) atoms. The Morgan fingerprint density at radius 2 is 1.81 bits per heavy atom. The molecule has 0 aromatic heterocycles. The summed E-state index contributed by atoms with van der Waals surface area (Å²) in [6.45, 7) is 2.67. The van der Waals surface area contributed by atoms with E-state index in [1.807, 2.05) is 4.90 Å². The number of hydrogen-bond donors (Lipinski definition) is 0. The number of nitro groups is 1. The predicted octanol–water partition coefficient (Wildman–Crippen LogP) is 1.04. The van der Waals surface area contributed by atoms with Gasteiger partial charge in [-0.1, -0.05) is 0 Å². The molecule has 1 aromatic rings. The maximum Gasteiger partial charge on any atom is 0.277 e. The number of carbonyl (C=O) groups is 2. The fourth-order valence-corrected chi connectivity index (χ4v) is 3.22. The van der Waals surface area contributed by atoms with Gasteiger partial charge in [-0.15, -0.1) is 0 Å². The number of hydrogen-bond acceptors (Lipinski definition) is 7. The number of nitro benzene ring substituents is 1. The van der Waals surface area contributed by atoms with Crippen LogP contribution in [0.25, 0.3) is 5.57 Å². The molecule has 0 N–H and O–H groups in total. The number of methoxy groups -OCH3 is 1. The zero-order chi connectivity index (χ0) is 19.4. The van der Waals surface area contributed by atoms with Crippen LogP contribution < -0.4 is 0 Å². The van der Waals surface area contributed by atoms with E-state index in [1.165, 1.54) is 29.2 Å². The summed E-state index contributed by atoms with van der Waals surface area (Å²) in [6, 6.07) is 5.70. The van der Waals surface area contributed by atoms with E-state index in [-0.39, 0.29) is 29.6 Å². The van der Waals surface area contributed by atoms with Crippen LogP contribution in [-0.4, -0.2) is 73.1 Å². The SMILES string of the molecule is COCCCN1C(=O)C(c2ccc([N+](=O)[O-])cc2)=C(N2CCOCC2)C1=O. The van der Waals surface area contributed by atoms with Gasteiger partial charge in [-0.2, -0.15) is 0 Å². The van der Waals surface area contributed by atoms with Gasteiger partial charge in [0.25, 0.3) is 17.5 Å². The topological polar surface area (TPSA) is 102 Å². The lowest BCUT2D eigenvalue weighted by molar-refractivity contribution is -0.384. The van der Waals surface area contributed by atoms with Crippen LogP contribution in [0.2, 0.25) is 0 Å². The quantitative estimate of drug-likeness (QED) is 0.304. The summed E-state index contributed by atoms with van der Waals surface area (Å²) in [6.07, 6.45) is 0.540. The zero-order valence-electron chi connectivity index (χ0n) is 15.1. The molecule has 2 aliphatic heterocycles. The van der Waals surface area contributed by atoms with E-state index in [0.717, 1.165) is 0 Å². The van der Waals surface area contributed by atoms with Gasteiger partial charge in [-0.25, -0.2) is 0 Å². The highest BCUT2D eigenvalue weighted by molar-refractivity contribution is 6.35. The minimum Gasteiger partial charge on any atom is -0.385 e. The Morgan fingerprint density at radius 3 is 2.41 bits per heavy atom. The number of morpholine rings is 1. The van der Waals surface area contributed by atoms with Gasteiger partial charge in [-0.3, -0.25) is 24.6 Å². The van der Waals surface area contributed by atoms with Gasteiger partial charge < -0.3 is 14.4 Å². The van der Waals surface area contributed by atoms with E-state index in [9.17, 15) is 19.7 Å². The Bertz CT molecular complexity index is 768. The number of ether oxygens (including phenoxy) is 2. The van der Waals surface area contributed by atoms with Crippen LogP contribution in [0.4, 0.5) is 5.69 Å². The minimum absolute atomic E-state index is 0.0685. The zero-order valence-corrected chi connectivity index (χ0v) is 15.1. The lowest BCUT2D eigenvalue weighted by Gasteiger charge is -2.29. The van der Waals surface area contributed by atoms with Crippen LogP contribution in [0.1, 0.15) is 12.0 Å². The molecule has 2 amide bonds. The Labute approximate surface area is 156 Å². The summed E-state index contributed by atoms with van der Waals surface area (Å²) in [5, 5.41) is 10.9. The van der Waals surface area contributed by atoms with Crippen LogP contribution >= 0.6 is 0 Å². The van der Waals surface area contributed by atoms with E-state index in [1.54, 1.807) is 7.11 Å². The standard InChI is InChI=1S/C18H21N3O6/c1-26-10-2-7-20-17(22)15(13-3-5-14(6-4-13)21(24)25)16(18(20)23)19-8-11-27-12-9-19/h3-6H,2,7-12H2,1H3. The first-order valence-electron chi connectivity index (χ1n) is 8.71. The second kappa shape index (κ2) is 8.28. The number of rotatable bonds is 7. The molecule has 1 fully saturated rings. The smallest absolute Gasteiger partial charge is 0.277 e. The van der Waals surface area contributed by atoms with E-state index in [0.29, 0.717) is 50.6 Å². The molecule has 0 radical (unpaired) electrons. The molecule has 0 unspecified atom stereocenters. The van der Waals surface area contributed by atoms with Crippen LogP contribution in [-0.2, 0) is 19.1 Å². The fraction of sp³-hybridized carbons (Fsp3) is 0.444. The summed E-state index contributed by atoms with van der Waals surface area (Å²) >= 11 is 0. The number of amides is 2. The van der Waals surface area contributed by atoms with Crippen LogP contribution in [0.3, 0.4) is 0 Å². The second-order valence-corrected chi connectivity index (χ2v) is 6.24. The van der Waals surface area contributed by atoms with Crippen molar-refractivity contribution < 1.29 is 24.0 Å². The second-order valence-electron chi connectivity index (χ2n) is 6.24. The van der Waals surface area contributed by atoms with Gasteiger partial charge >= 0.3 is 0 Å². The molecule has 144 valence electrons. The Morgan fingerprint density at radius 1 is 1.15 bits per heavy atom. The van der Waals surface area contributed by atoms with Crippen molar-refractivity contribution in [2.45, 2.75) is 6.42 Å². The first-order valence-corrected chi connectivity index (χ1v) is 8.71. The molecular weight excluding hydrogens is 354 g/mol. The van der Waals surface area contributed by atoms with Crippen LogP contribution in [0, 0.1) is 10.1 Å². The van der Waals surface area contributed by atoms with E-state index in [2.05, 4.69) is 0 Å². The average Bonchev–Trinajstić information content (AvgIpc) is 2.93. The normalized spacial score (nSPS) is 17.8. The molecule has 0 atom stereocenters. The molecule has 0 aliphatic carbocycles. The number of nitrogens with zero attached hydrogens (tertiary/aromatic N) is 3. The number of benzene rings is 1. The van der Waals surface area contributed by atoms with Gasteiger partial charge in [0.2, 0.25) is 0 Å². The third kappa shape index (κ3) is 3.83. The van der Waals surface area contributed by atoms with Gasteiger partial charge in [-0.05, 0) is 24.1 Å². The predicted molar refractivity (Wildman–Crippen MR) is 95.6 cm³/mol. The van der Waals surface area contributed by atoms with Crippen molar-refractivity contribution in [2.75, 3.05) is 46.6 Å². The molecule has 2 heterocycles. The molecule has 1 saturated heterocycles. The fourth-order valence-electron chi connectivity index (χ4n) is 3.22. The molecule has 2 aliphatic rings.